The van der Waals surface area contributed by atoms with E-state index < -0.39 is 30.8 Å². The summed E-state index contributed by atoms with van der Waals surface area (Å²) in [6.07, 6.45) is 2.03. The number of piperidine rings is 1. The van der Waals surface area contributed by atoms with Gasteiger partial charge in [-0.05, 0) is 31.0 Å². The number of rotatable bonds is 4. The van der Waals surface area contributed by atoms with Crippen molar-refractivity contribution in [3.63, 3.8) is 0 Å². The van der Waals surface area contributed by atoms with Gasteiger partial charge < -0.3 is 0 Å². The number of nitrogens with one attached hydrogen (secondary N) is 1. The number of benzene rings is 1. The van der Waals surface area contributed by atoms with Crippen molar-refractivity contribution in [1.29, 1.82) is 0 Å². The molecule has 22 heavy (non-hydrogen) atoms. The fourth-order valence-electron chi connectivity index (χ4n) is 2.17. The molecule has 1 aromatic rings. The molecule has 122 valence electrons. The maximum Gasteiger partial charge on any atom is 0.246 e. The first-order chi connectivity index (χ1) is 10.1. The normalized spacial score (nSPS) is 17.5. The van der Waals surface area contributed by atoms with E-state index in [4.69, 9.17) is 0 Å². The molecule has 0 aliphatic carbocycles. The SMILES string of the molecule is C=C1CCN(S(=O)(=O)c2ccc(NS(C)(=O)=O)cc2F)CC1. The van der Waals surface area contributed by atoms with Crippen LogP contribution < -0.4 is 4.72 Å². The highest BCUT2D eigenvalue weighted by molar-refractivity contribution is 7.92. The van der Waals surface area contributed by atoms with E-state index in [0.29, 0.717) is 12.8 Å². The highest BCUT2D eigenvalue weighted by Crippen LogP contribution is 2.26. The van der Waals surface area contributed by atoms with Crippen molar-refractivity contribution >= 4 is 25.7 Å². The summed E-state index contributed by atoms with van der Waals surface area (Å²) in [5, 5.41) is 0. The molecular formula is C13H17FN2O4S2. The van der Waals surface area contributed by atoms with Gasteiger partial charge in [0.25, 0.3) is 0 Å². The lowest BCUT2D eigenvalue weighted by molar-refractivity contribution is 0.385. The summed E-state index contributed by atoms with van der Waals surface area (Å²) in [7, 11) is -7.49. The molecule has 0 saturated carbocycles. The lowest BCUT2D eigenvalue weighted by Crippen LogP contribution is -2.36. The van der Waals surface area contributed by atoms with Crippen LogP contribution in [0.1, 0.15) is 12.8 Å². The summed E-state index contributed by atoms with van der Waals surface area (Å²) in [5.74, 6) is -0.988. The van der Waals surface area contributed by atoms with Gasteiger partial charge in [-0.2, -0.15) is 4.31 Å². The first-order valence-corrected chi connectivity index (χ1v) is 9.87. The molecule has 6 nitrogen and oxygen atoms in total. The summed E-state index contributed by atoms with van der Waals surface area (Å²) in [6.45, 7) is 4.34. The lowest BCUT2D eigenvalue weighted by Gasteiger charge is -2.27. The lowest BCUT2D eigenvalue weighted by atomic mass is 10.1. The molecule has 1 heterocycles. The van der Waals surface area contributed by atoms with E-state index in [1.165, 1.54) is 10.4 Å². The standard InChI is InChI=1S/C13H17FN2O4S2/c1-10-5-7-16(8-6-10)22(19,20)13-4-3-11(9-12(13)14)15-21(2,17)18/h3-4,9,15H,1,5-8H2,2H3. The van der Waals surface area contributed by atoms with Gasteiger partial charge in [-0.3, -0.25) is 4.72 Å². The van der Waals surface area contributed by atoms with E-state index in [2.05, 4.69) is 11.3 Å². The first kappa shape index (κ1) is 16.9. The predicted molar refractivity (Wildman–Crippen MR) is 82.0 cm³/mol. The summed E-state index contributed by atoms with van der Waals surface area (Å²) >= 11 is 0. The Hall–Kier alpha value is -1.45. The van der Waals surface area contributed by atoms with Gasteiger partial charge in [-0.1, -0.05) is 12.2 Å². The largest absolute Gasteiger partial charge is 0.284 e. The van der Waals surface area contributed by atoms with Crippen LogP contribution in [0.25, 0.3) is 0 Å². The Bertz CT molecular complexity index is 793. The molecule has 0 spiro atoms. The average Bonchev–Trinajstić information content (AvgIpc) is 2.36. The van der Waals surface area contributed by atoms with E-state index in [0.717, 1.165) is 24.0 Å². The Labute approximate surface area is 129 Å². The topological polar surface area (TPSA) is 83.6 Å². The first-order valence-electron chi connectivity index (χ1n) is 6.54. The number of nitrogens with zero attached hydrogens (tertiary/aromatic N) is 1. The second-order valence-electron chi connectivity index (χ2n) is 5.17. The Morgan fingerprint density at radius 2 is 1.77 bits per heavy atom. The van der Waals surface area contributed by atoms with Crippen molar-refractivity contribution in [2.24, 2.45) is 0 Å². The van der Waals surface area contributed by atoms with Crippen molar-refractivity contribution in [3.05, 3.63) is 36.2 Å². The number of anilines is 1. The number of sulfonamides is 2. The monoisotopic (exact) mass is 348 g/mol. The zero-order valence-electron chi connectivity index (χ0n) is 12.0. The molecule has 1 saturated heterocycles. The number of hydrogen-bond acceptors (Lipinski definition) is 4. The fourth-order valence-corrected chi connectivity index (χ4v) is 4.21. The van der Waals surface area contributed by atoms with Crippen molar-refractivity contribution in [2.45, 2.75) is 17.7 Å². The third kappa shape index (κ3) is 3.84. The van der Waals surface area contributed by atoms with Crippen LogP contribution in [-0.4, -0.2) is 40.5 Å². The minimum Gasteiger partial charge on any atom is -0.284 e. The molecule has 0 radical (unpaired) electrons. The van der Waals surface area contributed by atoms with Gasteiger partial charge in [0.15, 0.2) is 0 Å². The Morgan fingerprint density at radius 1 is 1.18 bits per heavy atom. The van der Waals surface area contributed by atoms with E-state index in [-0.39, 0.29) is 18.8 Å². The van der Waals surface area contributed by atoms with Crippen LogP contribution in [0, 0.1) is 5.82 Å². The van der Waals surface area contributed by atoms with Crippen LogP contribution in [-0.2, 0) is 20.0 Å². The number of hydrogen-bond donors (Lipinski definition) is 1. The number of halogens is 1. The summed E-state index contributed by atoms with van der Waals surface area (Å²) < 4.78 is 64.5. The molecule has 1 fully saturated rings. The smallest absolute Gasteiger partial charge is 0.246 e. The van der Waals surface area contributed by atoms with Crippen LogP contribution in [0.15, 0.2) is 35.2 Å². The quantitative estimate of drug-likeness (QED) is 0.837. The summed E-state index contributed by atoms with van der Waals surface area (Å²) in [6, 6.07) is 3.15. The van der Waals surface area contributed by atoms with Crippen molar-refractivity contribution in [1.82, 2.24) is 4.31 Å². The molecule has 0 bridgehead atoms. The molecule has 0 amide bonds. The molecule has 1 aliphatic heterocycles. The van der Waals surface area contributed by atoms with Crippen molar-refractivity contribution in [3.8, 4) is 0 Å². The minimum atomic E-state index is -3.94. The van der Waals surface area contributed by atoms with Crippen LogP contribution in [0.4, 0.5) is 10.1 Å². The van der Waals surface area contributed by atoms with E-state index in [1.807, 2.05) is 0 Å². The van der Waals surface area contributed by atoms with Crippen LogP contribution in [0.3, 0.4) is 0 Å². The summed E-state index contributed by atoms with van der Waals surface area (Å²) in [5.41, 5.74) is 0.950. The van der Waals surface area contributed by atoms with Crippen LogP contribution in [0.2, 0.25) is 0 Å². The molecule has 0 aromatic heterocycles. The Morgan fingerprint density at radius 3 is 2.27 bits per heavy atom. The zero-order valence-corrected chi connectivity index (χ0v) is 13.7. The molecular weight excluding hydrogens is 331 g/mol. The maximum absolute atomic E-state index is 14.1. The second-order valence-corrected chi connectivity index (χ2v) is 8.83. The van der Waals surface area contributed by atoms with Crippen molar-refractivity contribution < 1.29 is 21.2 Å². The molecule has 2 rings (SSSR count). The van der Waals surface area contributed by atoms with Gasteiger partial charge in [-0.15, -0.1) is 0 Å². The zero-order chi connectivity index (χ0) is 16.5. The molecule has 9 heteroatoms. The third-order valence-corrected chi connectivity index (χ3v) is 5.82. The average molecular weight is 348 g/mol. The van der Waals surface area contributed by atoms with E-state index >= 15 is 0 Å². The van der Waals surface area contributed by atoms with Gasteiger partial charge in [-0.25, -0.2) is 21.2 Å². The summed E-state index contributed by atoms with van der Waals surface area (Å²) in [4.78, 5) is -0.459. The molecule has 1 N–H and O–H groups in total. The third-order valence-electron chi connectivity index (χ3n) is 3.28. The predicted octanol–water partition coefficient (Wildman–Crippen LogP) is 1.54. The minimum absolute atomic E-state index is 0.0222. The molecule has 0 unspecified atom stereocenters. The van der Waals surface area contributed by atoms with Gasteiger partial charge in [0, 0.05) is 13.1 Å². The van der Waals surface area contributed by atoms with Crippen LogP contribution in [0.5, 0.6) is 0 Å². The molecule has 0 atom stereocenters. The Balaban J connectivity index is 2.30. The van der Waals surface area contributed by atoms with Gasteiger partial charge >= 0.3 is 0 Å². The Kier molecular flexibility index (Phi) is 4.59. The highest BCUT2D eigenvalue weighted by Gasteiger charge is 2.29. The van der Waals surface area contributed by atoms with Gasteiger partial charge in [0.1, 0.15) is 10.7 Å². The van der Waals surface area contributed by atoms with Gasteiger partial charge in [0.2, 0.25) is 20.0 Å². The van der Waals surface area contributed by atoms with Crippen molar-refractivity contribution in [2.75, 3.05) is 24.1 Å². The fraction of sp³-hybridized carbons (Fsp3) is 0.385. The molecule has 1 aromatic carbocycles. The van der Waals surface area contributed by atoms with Gasteiger partial charge in [0.05, 0.1) is 11.9 Å². The second kappa shape index (κ2) is 5.98. The van der Waals surface area contributed by atoms with Crippen LogP contribution >= 0.6 is 0 Å². The molecule has 1 aliphatic rings. The van der Waals surface area contributed by atoms with E-state index in [1.54, 1.807) is 0 Å². The highest BCUT2D eigenvalue weighted by atomic mass is 32.2. The maximum atomic E-state index is 14.1. The van der Waals surface area contributed by atoms with E-state index in [9.17, 15) is 21.2 Å².